The molecule has 0 amide bonds. The number of rotatable bonds is 8. The molecule has 0 spiro atoms. The first kappa shape index (κ1) is 11.9. The van der Waals surface area contributed by atoms with Crippen molar-refractivity contribution in [1.82, 2.24) is 5.32 Å². The van der Waals surface area contributed by atoms with E-state index in [0.29, 0.717) is 6.10 Å². The molecule has 0 aliphatic rings. The largest absolute Gasteiger partial charge is 0.380 e. The quantitative estimate of drug-likeness (QED) is 0.559. The van der Waals surface area contributed by atoms with Crippen LogP contribution < -0.4 is 5.32 Å². The van der Waals surface area contributed by atoms with Gasteiger partial charge in [-0.2, -0.15) is 0 Å². The van der Waals surface area contributed by atoms with Gasteiger partial charge in [-0.3, -0.25) is 0 Å². The zero-order chi connectivity index (χ0) is 9.23. The van der Waals surface area contributed by atoms with E-state index in [9.17, 15) is 0 Å². The molecule has 0 atom stereocenters. The molecular weight excluding hydrogens is 154 g/mol. The van der Waals surface area contributed by atoms with Crippen molar-refractivity contribution in [2.75, 3.05) is 33.4 Å². The molecule has 0 saturated carbocycles. The van der Waals surface area contributed by atoms with Crippen molar-refractivity contribution in [2.45, 2.75) is 26.4 Å². The fraction of sp³-hybridized carbons (Fsp3) is 1.00. The van der Waals surface area contributed by atoms with Gasteiger partial charge in [0.05, 0.1) is 12.7 Å². The van der Waals surface area contributed by atoms with Crippen LogP contribution >= 0.6 is 0 Å². The Morgan fingerprint density at radius 3 is 2.50 bits per heavy atom. The summed E-state index contributed by atoms with van der Waals surface area (Å²) in [7, 11) is 1.92. The molecule has 0 aromatic carbocycles. The summed E-state index contributed by atoms with van der Waals surface area (Å²) >= 11 is 0. The topological polar surface area (TPSA) is 30.5 Å². The lowest BCUT2D eigenvalue weighted by Gasteiger charge is -2.07. The zero-order valence-electron chi connectivity index (χ0n) is 8.43. The number of hydrogen-bond donors (Lipinski definition) is 1. The molecule has 0 heterocycles. The Morgan fingerprint density at radius 2 is 1.92 bits per heavy atom. The highest BCUT2D eigenvalue weighted by Crippen LogP contribution is 1.90. The van der Waals surface area contributed by atoms with E-state index in [1.807, 2.05) is 20.9 Å². The molecule has 0 fully saturated rings. The van der Waals surface area contributed by atoms with Gasteiger partial charge in [0.1, 0.15) is 0 Å². The predicted octanol–water partition coefficient (Wildman–Crippen LogP) is 1.04. The fourth-order valence-electron chi connectivity index (χ4n) is 0.756. The summed E-state index contributed by atoms with van der Waals surface area (Å²) in [6, 6.07) is 0. The first-order valence-corrected chi connectivity index (χ1v) is 4.61. The Hall–Kier alpha value is -0.120. The average molecular weight is 175 g/mol. The maximum absolute atomic E-state index is 5.35. The van der Waals surface area contributed by atoms with Gasteiger partial charge < -0.3 is 14.8 Å². The Labute approximate surface area is 75.4 Å². The monoisotopic (exact) mass is 175 g/mol. The molecule has 0 aromatic heterocycles. The normalized spacial score (nSPS) is 11.0. The van der Waals surface area contributed by atoms with E-state index in [2.05, 4.69) is 5.32 Å². The van der Waals surface area contributed by atoms with Crippen molar-refractivity contribution < 1.29 is 9.47 Å². The van der Waals surface area contributed by atoms with Gasteiger partial charge in [0.25, 0.3) is 0 Å². The van der Waals surface area contributed by atoms with E-state index in [1.165, 1.54) is 0 Å². The van der Waals surface area contributed by atoms with E-state index in [0.717, 1.165) is 32.8 Å². The lowest BCUT2D eigenvalue weighted by atomic mass is 10.4. The van der Waals surface area contributed by atoms with Crippen LogP contribution in [-0.4, -0.2) is 39.5 Å². The van der Waals surface area contributed by atoms with Crippen LogP contribution in [0, 0.1) is 0 Å². The minimum absolute atomic E-state index is 0.335. The summed E-state index contributed by atoms with van der Waals surface area (Å²) in [5.41, 5.74) is 0. The van der Waals surface area contributed by atoms with E-state index >= 15 is 0 Å². The summed E-state index contributed by atoms with van der Waals surface area (Å²) in [5.74, 6) is 0. The molecule has 3 nitrogen and oxygen atoms in total. The smallest absolute Gasteiger partial charge is 0.0590 e. The van der Waals surface area contributed by atoms with Gasteiger partial charge >= 0.3 is 0 Å². The first-order valence-electron chi connectivity index (χ1n) is 4.61. The van der Waals surface area contributed by atoms with Crippen LogP contribution in [-0.2, 0) is 9.47 Å². The van der Waals surface area contributed by atoms with Crippen LogP contribution in [0.5, 0.6) is 0 Å². The fourth-order valence-corrected chi connectivity index (χ4v) is 0.756. The van der Waals surface area contributed by atoms with Gasteiger partial charge in [-0.15, -0.1) is 0 Å². The third-order valence-electron chi connectivity index (χ3n) is 1.38. The Morgan fingerprint density at radius 1 is 1.17 bits per heavy atom. The summed E-state index contributed by atoms with van der Waals surface area (Å²) in [4.78, 5) is 0. The summed E-state index contributed by atoms with van der Waals surface area (Å²) in [6.07, 6.45) is 1.32. The zero-order valence-corrected chi connectivity index (χ0v) is 8.43. The van der Waals surface area contributed by atoms with Gasteiger partial charge in [0.2, 0.25) is 0 Å². The molecule has 0 bridgehead atoms. The van der Waals surface area contributed by atoms with Crippen molar-refractivity contribution in [1.29, 1.82) is 0 Å². The molecule has 0 aliphatic carbocycles. The molecule has 0 rings (SSSR count). The minimum atomic E-state index is 0.335. The predicted molar refractivity (Wildman–Crippen MR) is 50.5 cm³/mol. The summed E-state index contributed by atoms with van der Waals surface area (Å²) < 4.78 is 10.7. The lowest BCUT2D eigenvalue weighted by Crippen LogP contribution is -2.15. The average Bonchev–Trinajstić information content (AvgIpc) is 2.02. The van der Waals surface area contributed by atoms with Crippen LogP contribution in [0.3, 0.4) is 0 Å². The molecule has 0 aliphatic heterocycles. The third-order valence-corrected chi connectivity index (χ3v) is 1.38. The van der Waals surface area contributed by atoms with Crippen LogP contribution in [0.15, 0.2) is 0 Å². The number of hydrogen-bond acceptors (Lipinski definition) is 3. The second-order valence-electron chi connectivity index (χ2n) is 2.99. The Kier molecular flexibility index (Phi) is 8.88. The van der Waals surface area contributed by atoms with E-state index in [-0.39, 0.29) is 0 Å². The van der Waals surface area contributed by atoms with E-state index < -0.39 is 0 Å². The highest BCUT2D eigenvalue weighted by atomic mass is 16.5. The van der Waals surface area contributed by atoms with Crippen molar-refractivity contribution >= 4 is 0 Å². The Bertz CT molecular complexity index is 86.6. The molecule has 74 valence electrons. The second-order valence-corrected chi connectivity index (χ2v) is 2.99. The maximum Gasteiger partial charge on any atom is 0.0590 e. The third kappa shape index (κ3) is 9.88. The lowest BCUT2D eigenvalue weighted by molar-refractivity contribution is 0.0522. The molecule has 0 unspecified atom stereocenters. The highest BCUT2D eigenvalue weighted by Gasteiger charge is 1.92. The summed E-state index contributed by atoms with van der Waals surface area (Å²) in [5, 5.41) is 3.02. The van der Waals surface area contributed by atoms with Crippen LogP contribution in [0.4, 0.5) is 0 Å². The van der Waals surface area contributed by atoms with E-state index in [1.54, 1.807) is 0 Å². The van der Waals surface area contributed by atoms with Gasteiger partial charge in [0, 0.05) is 19.8 Å². The second kappa shape index (κ2) is 8.97. The van der Waals surface area contributed by atoms with Crippen molar-refractivity contribution in [3.63, 3.8) is 0 Å². The van der Waals surface area contributed by atoms with Gasteiger partial charge in [-0.05, 0) is 27.3 Å². The number of nitrogens with one attached hydrogen (secondary N) is 1. The van der Waals surface area contributed by atoms with Crippen LogP contribution in [0.1, 0.15) is 20.3 Å². The first-order chi connectivity index (χ1) is 5.77. The van der Waals surface area contributed by atoms with Crippen molar-refractivity contribution in [2.24, 2.45) is 0 Å². The van der Waals surface area contributed by atoms with Gasteiger partial charge in [0.15, 0.2) is 0 Å². The minimum Gasteiger partial charge on any atom is -0.380 e. The molecular formula is C9H21NO2. The standard InChI is InChI=1S/C9H21NO2/c1-9(2)12-7-4-6-11-8-5-10-3/h9-10H,4-8H2,1-3H3. The molecule has 0 aromatic rings. The molecule has 1 N–H and O–H groups in total. The summed E-state index contributed by atoms with van der Waals surface area (Å²) in [6.45, 7) is 7.40. The van der Waals surface area contributed by atoms with Crippen molar-refractivity contribution in [3.05, 3.63) is 0 Å². The molecule has 12 heavy (non-hydrogen) atoms. The SMILES string of the molecule is CNCCOCCCOC(C)C. The van der Waals surface area contributed by atoms with Gasteiger partial charge in [-0.25, -0.2) is 0 Å². The molecule has 0 radical (unpaired) electrons. The Balaban J connectivity index is 2.82. The van der Waals surface area contributed by atoms with E-state index in [4.69, 9.17) is 9.47 Å². The maximum atomic E-state index is 5.35. The highest BCUT2D eigenvalue weighted by molar-refractivity contribution is 4.40. The number of likely N-dealkylation sites (N-methyl/N-ethyl adjacent to an activating group) is 1. The molecule has 0 saturated heterocycles. The van der Waals surface area contributed by atoms with Crippen LogP contribution in [0.25, 0.3) is 0 Å². The van der Waals surface area contributed by atoms with Gasteiger partial charge in [-0.1, -0.05) is 0 Å². The van der Waals surface area contributed by atoms with Crippen LogP contribution in [0.2, 0.25) is 0 Å². The number of ether oxygens (including phenoxy) is 2. The molecule has 3 heteroatoms. The van der Waals surface area contributed by atoms with Crippen molar-refractivity contribution in [3.8, 4) is 0 Å².